The van der Waals surface area contributed by atoms with Crippen LogP contribution in [-0.4, -0.2) is 29.2 Å². The van der Waals surface area contributed by atoms with Gasteiger partial charge in [-0.2, -0.15) is 10.3 Å². The Hall–Kier alpha value is -4.17. The Labute approximate surface area is 212 Å². The van der Waals surface area contributed by atoms with Crippen molar-refractivity contribution in [1.82, 2.24) is 10.3 Å². The Morgan fingerprint density at radius 1 is 1.22 bits per heavy atom. The second-order valence-electron chi connectivity index (χ2n) is 9.05. The zero-order chi connectivity index (χ0) is 25.4. The number of fused-ring (bicyclic) bond motifs is 1. The van der Waals surface area contributed by atoms with Crippen molar-refractivity contribution >= 4 is 44.8 Å². The maximum Gasteiger partial charge on any atom is 0.324 e. The third-order valence-electron chi connectivity index (χ3n) is 6.35. The molecule has 5 rings (SSSR count). The first-order valence-electron chi connectivity index (χ1n) is 11.8. The molecule has 0 saturated carbocycles. The molecule has 4 heterocycles. The van der Waals surface area contributed by atoms with Gasteiger partial charge in [0.2, 0.25) is 5.27 Å². The van der Waals surface area contributed by atoms with E-state index in [9.17, 15) is 10.4 Å². The third kappa shape index (κ3) is 4.20. The molecule has 1 fully saturated rings. The Bertz CT molecular complexity index is 1490. The largest absolute Gasteiger partial charge is 0.857 e. The molecule has 184 valence electrons. The predicted octanol–water partition coefficient (Wildman–Crippen LogP) is 2.96. The van der Waals surface area contributed by atoms with E-state index in [4.69, 9.17) is 16.0 Å². The van der Waals surface area contributed by atoms with Crippen molar-refractivity contribution < 1.29 is 14.4 Å². The molecule has 1 aliphatic heterocycles. The fourth-order valence-corrected chi connectivity index (χ4v) is 5.41. The molecule has 0 atom stereocenters. The summed E-state index contributed by atoms with van der Waals surface area (Å²) in [5, 5.41) is 29.5. The fraction of sp³-hybridized carbons (Fsp3) is 0.320. The molecule has 1 aliphatic rings. The highest BCUT2D eigenvalue weighted by atomic mass is 32.1. The number of hydrogen-bond donors (Lipinski definition) is 2. The van der Waals surface area contributed by atoms with Crippen LogP contribution in [0.1, 0.15) is 55.0 Å². The molecule has 0 amide bonds. The average Bonchev–Trinajstić information content (AvgIpc) is 3.48. The van der Waals surface area contributed by atoms with Crippen molar-refractivity contribution in [3.8, 4) is 17.2 Å². The summed E-state index contributed by atoms with van der Waals surface area (Å²) in [7, 11) is 0. The molecule has 0 bridgehead atoms. The van der Waals surface area contributed by atoms with Gasteiger partial charge < -0.3 is 16.6 Å². The van der Waals surface area contributed by atoms with Gasteiger partial charge in [0.15, 0.2) is 0 Å². The van der Waals surface area contributed by atoms with E-state index in [1.807, 2.05) is 29.3 Å². The van der Waals surface area contributed by atoms with Crippen LogP contribution in [0.2, 0.25) is 0 Å². The third-order valence-corrected chi connectivity index (χ3v) is 7.44. The first-order chi connectivity index (χ1) is 17.4. The molecule has 0 radical (unpaired) electrons. The Kier molecular flexibility index (Phi) is 6.20. The van der Waals surface area contributed by atoms with Gasteiger partial charge in [-0.1, -0.05) is 38.1 Å². The van der Waals surface area contributed by atoms with Gasteiger partial charge in [-0.15, -0.1) is 11.3 Å². The number of anilines is 2. The number of pyridine rings is 1. The minimum Gasteiger partial charge on any atom is -0.857 e. The number of nitriles is 1. The van der Waals surface area contributed by atoms with E-state index in [1.165, 1.54) is 6.42 Å². The summed E-state index contributed by atoms with van der Waals surface area (Å²) < 4.78 is 5.27. The van der Waals surface area contributed by atoms with E-state index in [2.05, 4.69) is 35.2 Å². The van der Waals surface area contributed by atoms with Gasteiger partial charge in [0.1, 0.15) is 22.3 Å². The van der Waals surface area contributed by atoms with Crippen molar-refractivity contribution in [3.05, 3.63) is 46.5 Å². The second-order valence-corrected chi connectivity index (χ2v) is 10.1. The van der Waals surface area contributed by atoms with E-state index in [-0.39, 0.29) is 27.8 Å². The van der Waals surface area contributed by atoms with E-state index in [1.54, 1.807) is 11.0 Å². The number of piperidine rings is 1. The standard InChI is InChI=1S/C25H26N8O2S/c1-14(2)15-6-8-16(9-7-15)19-17(12-26)23(28)30-25-20(19)21(27)22(36-25)24(34)29-18-13-33(31-35-18)32-10-4-3-5-11-32/h6-9,13-14H,3-5,10-11H2,1-2H3,(H4-,27,28,29,30,31,34). The summed E-state index contributed by atoms with van der Waals surface area (Å²) in [6.45, 7) is 5.95. The summed E-state index contributed by atoms with van der Waals surface area (Å²) >= 11 is 1.09. The highest BCUT2D eigenvalue weighted by Gasteiger charge is 2.24. The quantitative estimate of drug-likeness (QED) is 0.239. The minimum absolute atomic E-state index is 0.0807. The number of aliphatic imine (C=N–C) groups is 1. The van der Waals surface area contributed by atoms with Gasteiger partial charge in [-0.05, 0) is 36.3 Å². The number of nitrogen functional groups attached to an aromatic ring is 2. The van der Waals surface area contributed by atoms with Crippen LogP contribution < -0.4 is 26.4 Å². The normalized spacial score (nSPS) is 14.5. The summed E-state index contributed by atoms with van der Waals surface area (Å²) in [5.74, 6) is -0.0468. The average molecular weight is 503 g/mol. The monoisotopic (exact) mass is 502 g/mol. The summed E-state index contributed by atoms with van der Waals surface area (Å²) in [6.07, 6.45) is 4.92. The van der Waals surface area contributed by atoms with E-state index >= 15 is 0 Å². The molecular formula is C25H26N8O2S. The molecule has 4 N–H and O–H groups in total. The number of nitrogens with two attached hydrogens (primary N) is 2. The summed E-state index contributed by atoms with van der Waals surface area (Å²) in [5.41, 5.74) is 15.5. The molecule has 1 aromatic carbocycles. The van der Waals surface area contributed by atoms with Crippen LogP contribution in [0.3, 0.4) is 0 Å². The zero-order valence-corrected chi connectivity index (χ0v) is 20.9. The lowest BCUT2D eigenvalue weighted by Crippen LogP contribution is -2.60. The second kappa shape index (κ2) is 9.47. The van der Waals surface area contributed by atoms with Crippen molar-refractivity contribution in [1.29, 1.82) is 5.26 Å². The summed E-state index contributed by atoms with van der Waals surface area (Å²) in [4.78, 5) is 10.7. The van der Waals surface area contributed by atoms with Crippen LogP contribution >= 0.6 is 11.3 Å². The van der Waals surface area contributed by atoms with Gasteiger partial charge in [0.25, 0.3) is 6.20 Å². The van der Waals surface area contributed by atoms with Gasteiger partial charge in [0.05, 0.1) is 28.4 Å². The number of benzene rings is 1. The molecule has 11 heteroatoms. The first-order valence-corrected chi connectivity index (χ1v) is 12.6. The molecule has 0 unspecified atom stereocenters. The van der Waals surface area contributed by atoms with Crippen molar-refractivity contribution in [3.63, 3.8) is 0 Å². The van der Waals surface area contributed by atoms with Crippen molar-refractivity contribution in [2.45, 2.75) is 39.0 Å². The topological polar surface area (TPSA) is 157 Å². The number of rotatable bonds is 5. The zero-order valence-electron chi connectivity index (χ0n) is 20.1. The highest BCUT2D eigenvalue weighted by molar-refractivity contribution is 7.21. The van der Waals surface area contributed by atoms with E-state index in [0.29, 0.717) is 21.7 Å². The van der Waals surface area contributed by atoms with Crippen LogP contribution in [0.4, 0.5) is 17.4 Å². The maximum atomic E-state index is 13.1. The smallest absolute Gasteiger partial charge is 0.324 e. The molecular weight excluding hydrogens is 476 g/mol. The van der Waals surface area contributed by atoms with Crippen molar-refractivity contribution in [2.75, 3.05) is 29.6 Å². The lowest BCUT2D eigenvalue weighted by Gasteiger charge is -2.17. The lowest BCUT2D eigenvalue weighted by molar-refractivity contribution is -0.759. The predicted molar refractivity (Wildman–Crippen MR) is 137 cm³/mol. The molecule has 0 spiro atoms. The fourth-order valence-electron chi connectivity index (χ4n) is 4.41. The first kappa shape index (κ1) is 23.6. The molecule has 36 heavy (non-hydrogen) atoms. The Morgan fingerprint density at radius 2 is 1.94 bits per heavy atom. The number of hydrogen-bond acceptors (Lipinski definition) is 10. The highest BCUT2D eigenvalue weighted by Crippen LogP contribution is 2.42. The van der Waals surface area contributed by atoms with E-state index < -0.39 is 5.90 Å². The van der Waals surface area contributed by atoms with Crippen LogP contribution in [0.15, 0.2) is 40.0 Å². The Balaban J connectivity index is 1.58. The molecule has 0 aliphatic carbocycles. The van der Waals surface area contributed by atoms with Gasteiger partial charge >= 0.3 is 5.88 Å². The number of thiophene rings is 1. The molecule has 1 saturated heterocycles. The number of aromatic nitrogens is 3. The van der Waals surface area contributed by atoms with Crippen molar-refractivity contribution in [2.24, 2.45) is 4.99 Å². The molecule has 3 aromatic heterocycles. The Morgan fingerprint density at radius 3 is 2.61 bits per heavy atom. The van der Waals surface area contributed by atoms with Gasteiger partial charge in [-0.25, -0.2) is 9.98 Å². The van der Waals surface area contributed by atoms with Crippen LogP contribution in [0.25, 0.3) is 21.3 Å². The summed E-state index contributed by atoms with van der Waals surface area (Å²) in [6, 6.07) is 10.0. The van der Waals surface area contributed by atoms with E-state index in [0.717, 1.165) is 48.4 Å². The SMILES string of the molecule is CC(C)c1ccc(-c2c(C#N)c(N)nc3sc(/C([O-])=N/c4c[n+](N5CCCCC5)no4)c(N)c23)cc1. The van der Waals surface area contributed by atoms with Crippen LogP contribution in [0, 0.1) is 11.3 Å². The lowest BCUT2D eigenvalue weighted by atomic mass is 9.94. The molecule has 10 nitrogen and oxygen atoms in total. The van der Waals surface area contributed by atoms with Crippen LogP contribution in [-0.2, 0) is 0 Å². The minimum atomic E-state index is -0.573. The maximum absolute atomic E-state index is 13.1. The number of nitrogens with zero attached hydrogens (tertiary/aromatic N) is 6. The van der Waals surface area contributed by atoms with Gasteiger partial charge in [-0.3, -0.25) is 4.52 Å². The van der Waals surface area contributed by atoms with Crippen LogP contribution in [0.5, 0.6) is 0 Å². The van der Waals surface area contributed by atoms with Gasteiger partial charge in [0, 0.05) is 16.8 Å². The molecule has 4 aromatic rings.